The van der Waals surface area contributed by atoms with Crippen LogP contribution in [0.3, 0.4) is 0 Å². The van der Waals surface area contributed by atoms with E-state index in [0.717, 1.165) is 67.8 Å². The molecule has 0 aromatic heterocycles. The maximum absolute atomic E-state index is 6.50. The average Bonchev–Trinajstić information content (AvgIpc) is 2.53. The molecule has 3 rings (SSSR count). The van der Waals surface area contributed by atoms with E-state index in [9.17, 15) is 0 Å². The minimum atomic E-state index is 0.303. The van der Waals surface area contributed by atoms with Crippen LogP contribution in [0, 0.1) is 5.92 Å². The van der Waals surface area contributed by atoms with Gasteiger partial charge in [0, 0.05) is 61.0 Å². The summed E-state index contributed by atoms with van der Waals surface area (Å²) in [6.45, 7) is 5.83. The van der Waals surface area contributed by atoms with E-state index in [1.165, 1.54) is 0 Å². The first-order valence-corrected chi connectivity index (χ1v) is 8.49. The molecule has 21 heavy (non-hydrogen) atoms. The van der Waals surface area contributed by atoms with Crippen molar-refractivity contribution in [3.05, 3.63) is 33.8 Å². The number of halogens is 2. The number of hydrogen-bond donors (Lipinski definition) is 1. The maximum Gasteiger partial charge on any atom is 0.0469 e. The lowest BCUT2D eigenvalue weighted by Gasteiger charge is -2.41. The summed E-state index contributed by atoms with van der Waals surface area (Å²) in [7, 11) is 0. The molecule has 2 heterocycles. The van der Waals surface area contributed by atoms with E-state index >= 15 is 0 Å². The second-order valence-electron chi connectivity index (χ2n) is 5.82. The van der Waals surface area contributed by atoms with Crippen molar-refractivity contribution in [3.63, 3.8) is 0 Å². The van der Waals surface area contributed by atoms with Crippen LogP contribution < -0.4 is 5.32 Å². The lowest BCUT2D eigenvalue weighted by atomic mass is 9.85. The fourth-order valence-electron chi connectivity index (χ4n) is 3.50. The van der Waals surface area contributed by atoms with Gasteiger partial charge in [0.1, 0.15) is 0 Å². The number of nitrogens with one attached hydrogen (secondary N) is 1. The second-order valence-corrected chi connectivity index (χ2v) is 6.63. The SMILES string of the molecule is Clc1cccc(Cl)c1[C@@H](C1CCOCC1)N1CCNCC1. The van der Waals surface area contributed by atoms with Crippen LogP contribution in [0.2, 0.25) is 10.0 Å². The molecule has 0 unspecified atom stereocenters. The van der Waals surface area contributed by atoms with Crippen LogP contribution in [0.25, 0.3) is 0 Å². The van der Waals surface area contributed by atoms with Crippen LogP contribution >= 0.6 is 23.2 Å². The Morgan fingerprint density at radius 2 is 1.71 bits per heavy atom. The summed E-state index contributed by atoms with van der Waals surface area (Å²) in [6.07, 6.45) is 2.16. The molecule has 0 spiro atoms. The van der Waals surface area contributed by atoms with E-state index < -0.39 is 0 Å². The van der Waals surface area contributed by atoms with Gasteiger partial charge in [0.25, 0.3) is 0 Å². The van der Waals surface area contributed by atoms with Gasteiger partial charge in [-0.25, -0.2) is 0 Å². The predicted molar refractivity (Wildman–Crippen MR) is 87.2 cm³/mol. The summed E-state index contributed by atoms with van der Waals surface area (Å²) in [5.74, 6) is 0.564. The Morgan fingerprint density at radius 1 is 1.10 bits per heavy atom. The van der Waals surface area contributed by atoms with E-state index in [1.807, 2.05) is 18.2 Å². The molecule has 0 saturated carbocycles. The third-order valence-corrected chi connectivity index (χ3v) is 5.21. The summed E-state index contributed by atoms with van der Waals surface area (Å²) in [4.78, 5) is 2.54. The van der Waals surface area contributed by atoms with Crippen molar-refractivity contribution in [1.82, 2.24) is 10.2 Å². The van der Waals surface area contributed by atoms with E-state index in [0.29, 0.717) is 12.0 Å². The lowest BCUT2D eigenvalue weighted by Crippen LogP contribution is -2.47. The van der Waals surface area contributed by atoms with Gasteiger partial charge in [-0.3, -0.25) is 4.90 Å². The van der Waals surface area contributed by atoms with Crippen molar-refractivity contribution < 1.29 is 4.74 Å². The molecule has 1 atom stereocenters. The molecule has 5 heteroatoms. The zero-order chi connectivity index (χ0) is 14.7. The Bertz CT molecular complexity index is 433. The van der Waals surface area contributed by atoms with Crippen molar-refractivity contribution in [3.8, 4) is 0 Å². The van der Waals surface area contributed by atoms with Crippen molar-refractivity contribution in [2.75, 3.05) is 39.4 Å². The Kier molecular flexibility index (Phi) is 5.41. The zero-order valence-corrected chi connectivity index (χ0v) is 13.7. The Morgan fingerprint density at radius 3 is 2.33 bits per heavy atom. The Balaban J connectivity index is 1.94. The highest BCUT2D eigenvalue weighted by atomic mass is 35.5. The highest BCUT2D eigenvalue weighted by Gasteiger charge is 2.33. The van der Waals surface area contributed by atoms with Gasteiger partial charge in [-0.05, 0) is 30.9 Å². The maximum atomic E-state index is 6.50. The first-order chi connectivity index (χ1) is 10.3. The number of ether oxygens (including phenoxy) is 1. The average molecular weight is 329 g/mol. The summed E-state index contributed by atoms with van der Waals surface area (Å²) < 4.78 is 5.54. The van der Waals surface area contributed by atoms with E-state index in [-0.39, 0.29) is 0 Å². The summed E-state index contributed by atoms with van der Waals surface area (Å²) in [6, 6.07) is 6.14. The molecule has 2 fully saturated rings. The minimum absolute atomic E-state index is 0.303. The fraction of sp³-hybridized carbons (Fsp3) is 0.625. The molecule has 0 radical (unpaired) electrons. The first-order valence-electron chi connectivity index (χ1n) is 7.74. The molecule has 2 aliphatic rings. The topological polar surface area (TPSA) is 24.5 Å². The Hall–Kier alpha value is -0.320. The predicted octanol–water partition coefficient (Wildman–Crippen LogP) is 3.37. The first kappa shape index (κ1) is 15.6. The molecule has 0 amide bonds. The molecule has 1 aromatic carbocycles. The number of benzene rings is 1. The third kappa shape index (κ3) is 3.54. The van der Waals surface area contributed by atoms with Crippen molar-refractivity contribution in [1.29, 1.82) is 0 Å². The lowest BCUT2D eigenvalue weighted by molar-refractivity contribution is 0.0213. The van der Waals surface area contributed by atoms with Gasteiger partial charge < -0.3 is 10.1 Å². The number of nitrogens with zero attached hydrogens (tertiary/aromatic N) is 1. The fourth-order valence-corrected chi connectivity index (χ4v) is 4.12. The van der Waals surface area contributed by atoms with Gasteiger partial charge in [-0.1, -0.05) is 29.3 Å². The van der Waals surface area contributed by atoms with E-state index in [1.54, 1.807) is 0 Å². The van der Waals surface area contributed by atoms with Crippen LogP contribution in [0.5, 0.6) is 0 Å². The summed E-state index contributed by atoms with van der Waals surface area (Å²) in [5.41, 5.74) is 1.11. The Labute approximate surface area is 136 Å². The molecule has 3 nitrogen and oxygen atoms in total. The molecule has 1 N–H and O–H groups in total. The quantitative estimate of drug-likeness (QED) is 0.920. The molecule has 0 aliphatic carbocycles. The van der Waals surface area contributed by atoms with Gasteiger partial charge >= 0.3 is 0 Å². The van der Waals surface area contributed by atoms with Gasteiger partial charge in [0.15, 0.2) is 0 Å². The normalized spacial score (nSPS) is 23.1. The molecule has 2 saturated heterocycles. The second kappa shape index (κ2) is 7.30. The monoisotopic (exact) mass is 328 g/mol. The standard InChI is InChI=1S/C16H22Cl2N2O/c17-13-2-1-3-14(18)15(13)16(12-4-10-21-11-5-12)20-8-6-19-7-9-20/h1-3,12,16,19H,4-11H2/t16-/m1/s1. The molecular formula is C16H22Cl2N2O. The van der Waals surface area contributed by atoms with Crippen LogP contribution in [-0.2, 0) is 4.74 Å². The molecule has 116 valence electrons. The highest BCUT2D eigenvalue weighted by molar-refractivity contribution is 6.36. The summed E-state index contributed by atoms with van der Waals surface area (Å²) >= 11 is 13.0. The third-order valence-electron chi connectivity index (χ3n) is 4.55. The highest BCUT2D eigenvalue weighted by Crippen LogP contribution is 2.41. The summed E-state index contributed by atoms with van der Waals surface area (Å²) in [5, 5.41) is 5.00. The van der Waals surface area contributed by atoms with Gasteiger partial charge in [-0.15, -0.1) is 0 Å². The minimum Gasteiger partial charge on any atom is -0.381 e. The van der Waals surface area contributed by atoms with Crippen LogP contribution in [0.15, 0.2) is 18.2 Å². The number of piperazine rings is 1. The molecule has 1 aromatic rings. The number of hydrogen-bond acceptors (Lipinski definition) is 3. The van der Waals surface area contributed by atoms with E-state index in [4.69, 9.17) is 27.9 Å². The van der Waals surface area contributed by atoms with Crippen molar-refractivity contribution in [2.24, 2.45) is 5.92 Å². The molecular weight excluding hydrogens is 307 g/mol. The van der Waals surface area contributed by atoms with Gasteiger partial charge in [0.05, 0.1) is 0 Å². The van der Waals surface area contributed by atoms with Crippen molar-refractivity contribution >= 4 is 23.2 Å². The number of rotatable bonds is 3. The van der Waals surface area contributed by atoms with Gasteiger partial charge in [0.2, 0.25) is 0 Å². The molecule has 0 bridgehead atoms. The van der Waals surface area contributed by atoms with Crippen molar-refractivity contribution in [2.45, 2.75) is 18.9 Å². The largest absolute Gasteiger partial charge is 0.381 e. The smallest absolute Gasteiger partial charge is 0.0469 e. The van der Waals surface area contributed by atoms with Crippen LogP contribution in [-0.4, -0.2) is 44.3 Å². The zero-order valence-electron chi connectivity index (χ0n) is 12.2. The van der Waals surface area contributed by atoms with Crippen LogP contribution in [0.4, 0.5) is 0 Å². The van der Waals surface area contributed by atoms with Crippen LogP contribution in [0.1, 0.15) is 24.4 Å². The molecule has 2 aliphatic heterocycles. The van der Waals surface area contributed by atoms with E-state index in [2.05, 4.69) is 10.2 Å². The van der Waals surface area contributed by atoms with Gasteiger partial charge in [-0.2, -0.15) is 0 Å².